The number of benzene rings is 1. The predicted octanol–water partition coefficient (Wildman–Crippen LogP) is 3.26. The van der Waals surface area contributed by atoms with Crippen LogP contribution in [0.1, 0.15) is 50.6 Å². The maximum absolute atomic E-state index is 11.8. The molecule has 1 aromatic carbocycles. The van der Waals surface area contributed by atoms with Crippen molar-refractivity contribution in [1.82, 2.24) is 5.32 Å². The van der Waals surface area contributed by atoms with Gasteiger partial charge in [-0.2, -0.15) is 0 Å². The quantitative estimate of drug-likeness (QED) is 0.912. The molecule has 3 nitrogen and oxygen atoms in total. The fourth-order valence-electron chi connectivity index (χ4n) is 2.89. The summed E-state index contributed by atoms with van der Waals surface area (Å²) in [7, 11) is 0. The number of hydrogen-bond donors (Lipinski definition) is 1. The third-order valence-corrected chi connectivity index (χ3v) is 4.42. The van der Waals surface area contributed by atoms with E-state index in [0.29, 0.717) is 0 Å². The van der Waals surface area contributed by atoms with Gasteiger partial charge in [-0.1, -0.05) is 12.1 Å². The smallest absolute Gasteiger partial charge is 0.223 e. The summed E-state index contributed by atoms with van der Waals surface area (Å²) in [4.78, 5) is 14.2. The fraction of sp³-hybridized carbons (Fsp3) is 0.588. The average molecular weight is 272 g/mol. The zero-order valence-corrected chi connectivity index (χ0v) is 12.3. The first-order valence-electron chi connectivity index (χ1n) is 7.89. The summed E-state index contributed by atoms with van der Waals surface area (Å²) >= 11 is 0. The molecule has 1 aliphatic heterocycles. The lowest BCUT2D eigenvalue weighted by Gasteiger charge is -2.29. The predicted molar refractivity (Wildman–Crippen MR) is 81.8 cm³/mol. The second kappa shape index (κ2) is 5.86. The lowest BCUT2D eigenvalue weighted by molar-refractivity contribution is -0.122. The minimum atomic E-state index is 0.110. The van der Waals surface area contributed by atoms with E-state index in [1.54, 1.807) is 0 Å². The van der Waals surface area contributed by atoms with E-state index >= 15 is 0 Å². The summed E-state index contributed by atoms with van der Waals surface area (Å²) in [6.07, 6.45) is 6.09. The number of anilines is 1. The summed E-state index contributed by atoms with van der Waals surface area (Å²) < 4.78 is 0. The van der Waals surface area contributed by atoms with Crippen LogP contribution in [-0.4, -0.2) is 19.0 Å². The van der Waals surface area contributed by atoms with Gasteiger partial charge in [-0.25, -0.2) is 0 Å². The molecule has 1 aliphatic carbocycles. The van der Waals surface area contributed by atoms with Crippen LogP contribution in [0.2, 0.25) is 0 Å². The highest BCUT2D eigenvalue weighted by atomic mass is 16.2. The molecule has 0 aromatic heterocycles. The van der Waals surface area contributed by atoms with Crippen molar-refractivity contribution < 1.29 is 4.79 Å². The number of nitrogens with zero attached hydrogens (tertiary/aromatic N) is 1. The van der Waals surface area contributed by atoms with Gasteiger partial charge in [-0.15, -0.1) is 0 Å². The molecule has 1 saturated carbocycles. The van der Waals surface area contributed by atoms with Gasteiger partial charge in [-0.3, -0.25) is 4.79 Å². The van der Waals surface area contributed by atoms with Crippen LogP contribution in [-0.2, 0) is 4.79 Å². The van der Waals surface area contributed by atoms with E-state index in [-0.39, 0.29) is 17.9 Å². The number of carbonyl (C=O) groups excluding carboxylic acids is 1. The molecule has 1 amide bonds. The van der Waals surface area contributed by atoms with Gasteiger partial charge in [0.25, 0.3) is 0 Å². The summed E-state index contributed by atoms with van der Waals surface area (Å²) in [5.41, 5.74) is 2.51. The van der Waals surface area contributed by atoms with Crippen molar-refractivity contribution in [2.75, 3.05) is 18.0 Å². The minimum Gasteiger partial charge on any atom is -0.372 e. The first-order valence-corrected chi connectivity index (χ1v) is 7.89. The Kier molecular flexibility index (Phi) is 3.95. The zero-order valence-electron chi connectivity index (χ0n) is 12.3. The molecule has 1 atom stereocenters. The fourth-order valence-corrected chi connectivity index (χ4v) is 2.89. The molecule has 1 N–H and O–H groups in total. The molecule has 3 rings (SSSR count). The van der Waals surface area contributed by atoms with Gasteiger partial charge in [0.2, 0.25) is 5.91 Å². The Bertz CT molecular complexity index is 458. The molecule has 1 heterocycles. The van der Waals surface area contributed by atoms with Gasteiger partial charge in [0.05, 0.1) is 6.04 Å². The van der Waals surface area contributed by atoms with Crippen molar-refractivity contribution in [2.24, 2.45) is 5.92 Å². The first kappa shape index (κ1) is 13.5. The van der Waals surface area contributed by atoms with Gasteiger partial charge in [0, 0.05) is 24.7 Å². The largest absolute Gasteiger partial charge is 0.372 e. The first-order chi connectivity index (χ1) is 9.74. The Hall–Kier alpha value is -1.51. The van der Waals surface area contributed by atoms with E-state index in [4.69, 9.17) is 0 Å². The van der Waals surface area contributed by atoms with Crippen molar-refractivity contribution >= 4 is 11.6 Å². The minimum absolute atomic E-state index is 0.110. The van der Waals surface area contributed by atoms with Crippen LogP contribution in [0, 0.1) is 5.92 Å². The third-order valence-electron chi connectivity index (χ3n) is 4.42. The van der Waals surface area contributed by atoms with Crippen LogP contribution in [0.4, 0.5) is 5.69 Å². The van der Waals surface area contributed by atoms with E-state index < -0.39 is 0 Å². The normalized spacial score (nSPS) is 20.6. The van der Waals surface area contributed by atoms with Crippen molar-refractivity contribution in [3.05, 3.63) is 29.8 Å². The molecule has 0 bridgehead atoms. The molecule has 1 aromatic rings. The van der Waals surface area contributed by atoms with Crippen molar-refractivity contribution in [3.63, 3.8) is 0 Å². The molecule has 0 radical (unpaired) electrons. The Balaban J connectivity index is 1.60. The lowest BCUT2D eigenvalue weighted by Crippen LogP contribution is -2.29. The molecule has 2 aliphatic rings. The molecule has 20 heavy (non-hydrogen) atoms. The topological polar surface area (TPSA) is 32.3 Å². The van der Waals surface area contributed by atoms with Crippen molar-refractivity contribution in [3.8, 4) is 0 Å². The Labute approximate surface area is 121 Å². The molecule has 0 unspecified atom stereocenters. The van der Waals surface area contributed by atoms with Gasteiger partial charge >= 0.3 is 0 Å². The van der Waals surface area contributed by atoms with E-state index in [0.717, 1.165) is 12.8 Å². The molecular formula is C17H24N2O. The van der Waals surface area contributed by atoms with E-state index in [1.165, 1.54) is 43.6 Å². The van der Waals surface area contributed by atoms with Gasteiger partial charge in [-0.05, 0) is 56.7 Å². The molecule has 1 saturated heterocycles. The highest BCUT2D eigenvalue weighted by molar-refractivity contribution is 5.81. The van der Waals surface area contributed by atoms with E-state index in [1.807, 2.05) is 0 Å². The molecular weight excluding hydrogens is 248 g/mol. The van der Waals surface area contributed by atoms with Crippen LogP contribution in [0.5, 0.6) is 0 Å². The number of rotatable bonds is 4. The second-order valence-corrected chi connectivity index (χ2v) is 6.14. The number of carbonyl (C=O) groups is 1. The molecule has 2 fully saturated rings. The van der Waals surface area contributed by atoms with Crippen molar-refractivity contribution in [1.29, 1.82) is 0 Å². The van der Waals surface area contributed by atoms with Crippen LogP contribution in [0.15, 0.2) is 24.3 Å². The average Bonchev–Trinajstić information content (AvgIpc) is 3.33. The highest BCUT2D eigenvalue weighted by Gasteiger charge is 2.30. The SMILES string of the molecule is C[C@H](NC(=O)C1CC1)c1ccc(N2CCCCC2)cc1. The van der Waals surface area contributed by atoms with Crippen LogP contribution in [0.3, 0.4) is 0 Å². The maximum atomic E-state index is 11.8. The van der Waals surface area contributed by atoms with Gasteiger partial charge in [0.1, 0.15) is 0 Å². The number of nitrogens with one attached hydrogen (secondary N) is 1. The Morgan fingerprint density at radius 2 is 1.80 bits per heavy atom. The molecule has 108 valence electrons. The number of hydrogen-bond acceptors (Lipinski definition) is 2. The van der Waals surface area contributed by atoms with Crippen LogP contribution >= 0.6 is 0 Å². The summed E-state index contributed by atoms with van der Waals surface area (Å²) in [6.45, 7) is 4.41. The molecule has 0 spiro atoms. The van der Waals surface area contributed by atoms with E-state index in [9.17, 15) is 4.79 Å². The summed E-state index contributed by atoms with van der Waals surface area (Å²) in [5.74, 6) is 0.502. The maximum Gasteiger partial charge on any atom is 0.223 e. The number of amides is 1. The summed E-state index contributed by atoms with van der Waals surface area (Å²) in [6, 6.07) is 8.81. The number of piperidine rings is 1. The Morgan fingerprint density at radius 3 is 2.40 bits per heavy atom. The third kappa shape index (κ3) is 3.14. The standard InChI is InChI=1S/C17H24N2O/c1-13(18-17(20)15-5-6-15)14-7-9-16(10-8-14)19-11-3-2-4-12-19/h7-10,13,15H,2-6,11-12H2,1H3,(H,18,20)/t13-/m0/s1. The zero-order chi connectivity index (χ0) is 13.9. The monoisotopic (exact) mass is 272 g/mol. The van der Waals surface area contributed by atoms with Gasteiger partial charge < -0.3 is 10.2 Å². The second-order valence-electron chi connectivity index (χ2n) is 6.14. The van der Waals surface area contributed by atoms with E-state index in [2.05, 4.69) is 41.4 Å². The Morgan fingerprint density at radius 1 is 1.15 bits per heavy atom. The highest BCUT2D eigenvalue weighted by Crippen LogP contribution is 2.30. The van der Waals surface area contributed by atoms with Crippen LogP contribution < -0.4 is 10.2 Å². The van der Waals surface area contributed by atoms with Gasteiger partial charge in [0.15, 0.2) is 0 Å². The van der Waals surface area contributed by atoms with Crippen molar-refractivity contribution in [2.45, 2.75) is 45.1 Å². The summed E-state index contributed by atoms with van der Waals surface area (Å²) in [5, 5.41) is 3.10. The lowest BCUT2D eigenvalue weighted by atomic mass is 10.1. The van der Waals surface area contributed by atoms with Crippen LogP contribution in [0.25, 0.3) is 0 Å². The molecule has 3 heteroatoms.